The first-order valence-corrected chi connectivity index (χ1v) is 12.4. The molecule has 1 fully saturated rings. The van der Waals surface area contributed by atoms with Crippen molar-refractivity contribution in [2.24, 2.45) is 0 Å². The zero-order valence-electron chi connectivity index (χ0n) is 22.2. The molecular formula is C27H32F3N5O4. The normalized spacial score (nSPS) is 17.0. The third kappa shape index (κ3) is 7.21. The molecule has 1 aliphatic rings. The van der Waals surface area contributed by atoms with E-state index >= 15 is 0 Å². The summed E-state index contributed by atoms with van der Waals surface area (Å²) in [5, 5.41) is 10.0. The summed E-state index contributed by atoms with van der Waals surface area (Å²) in [6, 6.07) is 13.2. The number of urea groups is 1. The van der Waals surface area contributed by atoms with Gasteiger partial charge in [-0.2, -0.15) is 0 Å². The van der Waals surface area contributed by atoms with Crippen molar-refractivity contribution in [2.45, 2.75) is 51.4 Å². The van der Waals surface area contributed by atoms with Gasteiger partial charge in [-0.25, -0.2) is 9.48 Å². The van der Waals surface area contributed by atoms with Gasteiger partial charge in [0.25, 0.3) is 0 Å². The molecule has 0 unspecified atom stereocenters. The van der Waals surface area contributed by atoms with Gasteiger partial charge in [-0.15, -0.1) is 18.3 Å². The molecule has 210 valence electrons. The van der Waals surface area contributed by atoms with Crippen LogP contribution >= 0.6 is 0 Å². The van der Waals surface area contributed by atoms with Crippen molar-refractivity contribution in [3.8, 4) is 17.3 Å². The van der Waals surface area contributed by atoms with Crippen LogP contribution in [0.2, 0.25) is 0 Å². The molecule has 0 bridgehead atoms. The Labute approximate surface area is 224 Å². The lowest BCUT2D eigenvalue weighted by molar-refractivity contribution is -0.274. The standard InChI is InChI=1S/C27H32F3N5O4/c1-17-24(32-26(36)31-15-19-12-18(16-37-4)10-11-23(19)39-27(28,29)30)35(20-8-6-5-7-9-20)33-25(17)38-22-13-21(14-22)34(2)3/h5-12,21-22H,13-16H2,1-4H3,(H2,31,32,36). The van der Waals surface area contributed by atoms with E-state index in [0.29, 0.717) is 34.6 Å². The number of hydrogen-bond donors (Lipinski definition) is 2. The number of nitrogens with zero attached hydrogens (tertiary/aromatic N) is 3. The molecule has 2 aromatic carbocycles. The van der Waals surface area contributed by atoms with Crippen LogP contribution in [0.25, 0.3) is 5.69 Å². The fourth-order valence-electron chi connectivity index (χ4n) is 4.28. The van der Waals surface area contributed by atoms with Crippen molar-refractivity contribution in [3.05, 3.63) is 65.2 Å². The first-order chi connectivity index (χ1) is 18.5. The fourth-order valence-corrected chi connectivity index (χ4v) is 4.28. The molecule has 1 saturated carbocycles. The predicted molar refractivity (Wildman–Crippen MR) is 139 cm³/mol. The summed E-state index contributed by atoms with van der Waals surface area (Å²) in [4.78, 5) is 15.1. The number of nitrogens with one attached hydrogen (secondary N) is 2. The van der Waals surface area contributed by atoms with Gasteiger partial charge in [0.15, 0.2) is 0 Å². The molecule has 39 heavy (non-hydrogen) atoms. The average Bonchev–Trinajstić information content (AvgIpc) is 3.15. The molecule has 4 rings (SSSR count). The lowest BCUT2D eigenvalue weighted by Gasteiger charge is -2.38. The number of methoxy groups -OCH3 is 1. The van der Waals surface area contributed by atoms with Crippen molar-refractivity contribution in [3.63, 3.8) is 0 Å². The fraction of sp³-hybridized carbons (Fsp3) is 0.407. The summed E-state index contributed by atoms with van der Waals surface area (Å²) in [7, 11) is 5.54. The Morgan fingerprint density at radius 3 is 2.51 bits per heavy atom. The van der Waals surface area contributed by atoms with Crippen molar-refractivity contribution in [2.75, 3.05) is 26.5 Å². The molecule has 9 nitrogen and oxygen atoms in total. The summed E-state index contributed by atoms with van der Waals surface area (Å²) in [6.07, 6.45) is -3.11. The monoisotopic (exact) mass is 547 g/mol. The number of halogens is 3. The zero-order valence-corrected chi connectivity index (χ0v) is 22.2. The lowest BCUT2D eigenvalue weighted by Crippen LogP contribution is -2.46. The number of hydrogen-bond acceptors (Lipinski definition) is 6. The smallest absolute Gasteiger partial charge is 0.473 e. The minimum absolute atomic E-state index is 0.0170. The Bertz CT molecular complexity index is 1270. The minimum atomic E-state index is -4.87. The van der Waals surface area contributed by atoms with E-state index in [9.17, 15) is 18.0 Å². The van der Waals surface area contributed by atoms with Gasteiger partial charge in [0.2, 0.25) is 5.88 Å². The number of alkyl halides is 3. The molecule has 0 saturated heterocycles. The number of anilines is 1. The molecule has 2 amide bonds. The van der Waals surface area contributed by atoms with Crippen LogP contribution in [0.3, 0.4) is 0 Å². The zero-order chi connectivity index (χ0) is 28.2. The van der Waals surface area contributed by atoms with Crippen LogP contribution < -0.4 is 20.1 Å². The highest BCUT2D eigenvalue weighted by Crippen LogP contribution is 2.34. The Balaban J connectivity index is 1.51. The van der Waals surface area contributed by atoms with Gasteiger partial charge < -0.3 is 24.4 Å². The maximum Gasteiger partial charge on any atom is 0.573 e. The average molecular weight is 548 g/mol. The second kappa shape index (κ2) is 12.0. The lowest BCUT2D eigenvalue weighted by atomic mass is 9.88. The minimum Gasteiger partial charge on any atom is -0.473 e. The largest absolute Gasteiger partial charge is 0.573 e. The van der Waals surface area contributed by atoms with Crippen LogP contribution in [0.5, 0.6) is 11.6 Å². The summed E-state index contributed by atoms with van der Waals surface area (Å²) < 4.78 is 55.7. The number of carbonyl (C=O) groups is 1. The van der Waals surface area contributed by atoms with E-state index in [0.717, 1.165) is 12.8 Å². The van der Waals surface area contributed by atoms with Gasteiger partial charge in [0, 0.05) is 38.1 Å². The quantitative estimate of drug-likeness (QED) is 0.371. The van der Waals surface area contributed by atoms with Gasteiger partial charge in [0.1, 0.15) is 17.7 Å². The van der Waals surface area contributed by atoms with Crippen molar-refractivity contribution >= 4 is 11.8 Å². The molecule has 0 atom stereocenters. The maximum atomic E-state index is 12.9. The summed E-state index contributed by atoms with van der Waals surface area (Å²) in [6.45, 7) is 1.77. The molecule has 1 aliphatic carbocycles. The van der Waals surface area contributed by atoms with Crippen molar-refractivity contribution in [1.82, 2.24) is 20.0 Å². The highest BCUT2D eigenvalue weighted by atomic mass is 19.4. The van der Waals surface area contributed by atoms with E-state index in [1.807, 2.05) is 44.4 Å². The molecule has 12 heteroatoms. The third-order valence-electron chi connectivity index (χ3n) is 6.49. The summed E-state index contributed by atoms with van der Waals surface area (Å²) >= 11 is 0. The van der Waals surface area contributed by atoms with Crippen LogP contribution in [-0.4, -0.2) is 60.4 Å². The van der Waals surface area contributed by atoms with E-state index in [-0.39, 0.29) is 24.8 Å². The molecule has 0 aliphatic heterocycles. The number of rotatable bonds is 10. The van der Waals surface area contributed by atoms with Crippen LogP contribution in [0.4, 0.5) is 23.8 Å². The number of benzene rings is 2. The van der Waals surface area contributed by atoms with Gasteiger partial charge in [-0.3, -0.25) is 5.32 Å². The number of para-hydroxylation sites is 1. The van der Waals surface area contributed by atoms with E-state index in [1.54, 1.807) is 11.6 Å². The van der Waals surface area contributed by atoms with Gasteiger partial charge in [0.05, 0.1) is 17.9 Å². The van der Waals surface area contributed by atoms with Gasteiger partial charge in [-0.05, 0) is 50.8 Å². The number of ether oxygens (including phenoxy) is 3. The van der Waals surface area contributed by atoms with E-state index in [2.05, 4.69) is 25.4 Å². The molecule has 0 spiro atoms. The molecule has 2 N–H and O–H groups in total. The van der Waals surface area contributed by atoms with Crippen LogP contribution in [-0.2, 0) is 17.9 Å². The molecule has 3 aromatic rings. The molecule has 1 aromatic heterocycles. The molecule has 1 heterocycles. The number of carbonyl (C=O) groups excluding carboxylic acids is 1. The summed E-state index contributed by atoms with van der Waals surface area (Å²) in [5.41, 5.74) is 2.12. The van der Waals surface area contributed by atoms with E-state index < -0.39 is 18.1 Å². The highest BCUT2D eigenvalue weighted by molar-refractivity contribution is 5.89. The summed E-state index contributed by atoms with van der Waals surface area (Å²) in [5.74, 6) is 0.391. The van der Waals surface area contributed by atoms with Crippen LogP contribution in [0.15, 0.2) is 48.5 Å². The predicted octanol–water partition coefficient (Wildman–Crippen LogP) is 5.02. The topological polar surface area (TPSA) is 89.9 Å². The van der Waals surface area contributed by atoms with Crippen molar-refractivity contribution in [1.29, 1.82) is 0 Å². The SMILES string of the molecule is COCc1ccc(OC(F)(F)F)c(CNC(=O)Nc2c(C)c(OC3CC(N(C)C)C3)nn2-c2ccccc2)c1. The van der Waals surface area contributed by atoms with Crippen LogP contribution in [0, 0.1) is 6.92 Å². The third-order valence-corrected chi connectivity index (χ3v) is 6.49. The Morgan fingerprint density at radius 1 is 1.15 bits per heavy atom. The van der Waals surface area contributed by atoms with E-state index in [1.165, 1.54) is 25.3 Å². The van der Waals surface area contributed by atoms with Gasteiger partial charge in [-0.1, -0.05) is 24.3 Å². The first-order valence-electron chi connectivity index (χ1n) is 12.4. The maximum absolute atomic E-state index is 12.9. The van der Waals surface area contributed by atoms with E-state index in [4.69, 9.17) is 9.47 Å². The second-order valence-corrected chi connectivity index (χ2v) is 9.59. The van der Waals surface area contributed by atoms with Gasteiger partial charge >= 0.3 is 12.4 Å². The highest BCUT2D eigenvalue weighted by Gasteiger charge is 2.34. The van der Waals surface area contributed by atoms with Crippen LogP contribution in [0.1, 0.15) is 29.5 Å². The Hall–Kier alpha value is -3.77. The molecular weight excluding hydrogens is 515 g/mol. The molecule has 0 radical (unpaired) electrons. The Morgan fingerprint density at radius 2 is 1.87 bits per heavy atom. The Kier molecular flexibility index (Phi) is 8.66. The number of aromatic nitrogens is 2. The number of amides is 2. The van der Waals surface area contributed by atoms with Crippen molar-refractivity contribution < 1.29 is 32.2 Å². The first kappa shape index (κ1) is 28.2. The second-order valence-electron chi connectivity index (χ2n) is 9.59.